The van der Waals surface area contributed by atoms with Crippen molar-refractivity contribution in [1.29, 1.82) is 0 Å². The SMILES string of the molecule is CC(C)(C)c1cc2c(c(C(C)(C)C)c1)C=COO2. The first kappa shape index (κ1) is 13.0. The van der Waals surface area contributed by atoms with E-state index in [1.54, 1.807) is 6.26 Å². The summed E-state index contributed by atoms with van der Waals surface area (Å²) in [5.74, 6) is 0.815. The number of hydrogen-bond acceptors (Lipinski definition) is 2. The minimum Gasteiger partial charge on any atom is -0.298 e. The molecule has 0 atom stereocenters. The Morgan fingerprint density at radius 1 is 0.889 bits per heavy atom. The molecule has 1 aromatic carbocycles. The molecule has 0 saturated carbocycles. The lowest BCUT2D eigenvalue weighted by Gasteiger charge is -2.28. The zero-order valence-corrected chi connectivity index (χ0v) is 12.1. The minimum atomic E-state index is 0.0797. The van der Waals surface area contributed by atoms with Crippen LogP contribution in [0, 0.1) is 0 Å². The molecule has 1 aliphatic rings. The van der Waals surface area contributed by atoms with E-state index in [2.05, 4.69) is 53.7 Å². The Kier molecular flexibility index (Phi) is 2.92. The van der Waals surface area contributed by atoms with Gasteiger partial charge in [0.05, 0.1) is 0 Å². The highest BCUT2D eigenvalue weighted by molar-refractivity contribution is 5.64. The van der Waals surface area contributed by atoms with Gasteiger partial charge >= 0.3 is 0 Å². The van der Waals surface area contributed by atoms with Crippen LogP contribution in [-0.4, -0.2) is 0 Å². The van der Waals surface area contributed by atoms with Crippen LogP contribution in [-0.2, 0) is 15.7 Å². The second-order valence-corrected chi connectivity index (χ2v) is 6.92. The van der Waals surface area contributed by atoms with E-state index in [4.69, 9.17) is 9.78 Å². The van der Waals surface area contributed by atoms with E-state index in [9.17, 15) is 0 Å². The van der Waals surface area contributed by atoms with Crippen molar-refractivity contribution >= 4 is 6.08 Å². The number of rotatable bonds is 0. The molecule has 0 aliphatic carbocycles. The molecule has 2 heteroatoms. The first-order valence-electron chi connectivity index (χ1n) is 6.38. The van der Waals surface area contributed by atoms with Crippen molar-refractivity contribution in [3.63, 3.8) is 0 Å². The minimum absolute atomic E-state index is 0.0797. The summed E-state index contributed by atoms with van der Waals surface area (Å²) in [6, 6.07) is 4.37. The number of benzene rings is 1. The molecule has 0 saturated heterocycles. The van der Waals surface area contributed by atoms with Crippen LogP contribution in [0.2, 0.25) is 0 Å². The fourth-order valence-corrected chi connectivity index (χ4v) is 2.10. The lowest BCUT2D eigenvalue weighted by Crippen LogP contribution is -2.19. The number of hydrogen-bond donors (Lipinski definition) is 0. The summed E-state index contributed by atoms with van der Waals surface area (Å²) in [5.41, 5.74) is 3.87. The van der Waals surface area contributed by atoms with Crippen molar-refractivity contribution in [3.05, 3.63) is 35.1 Å². The molecule has 18 heavy (non-hydrogen) atoms. The molecule has 1 aromatic rings. The van der Waals surface area contributed by atoms with Gasteiger partial charge in [0.15, 0.2) is 5.75 Å². The summed E-state index contributed by atoms with van der Waals surface area (Å²) >= 11 is 0. The van der Waals surface area contributed by atoms with Gasteiger partial charge in [0.2, 0.25) is 0 Å². The summed E-state index contributed by atoms with van der Waals surface area (Å²) in [6.45, 7) is 13.3. The molecule has 98 valence electrons. The average molecular weight is 246 g/mol. The zero-order chi connectivity index (χ0) is 13.6. The summed E-state index contributed by atoms with van der Waals surface area (Å²) in [7, 11) is 0. The Balaban J connectivity index is 2.68. The third-order valence-electron chi connectivity index (χ3n) is 3.24. The Morgan fingerprint density at radius 2 is 1.56 bits per heavy atom. The maximum Gasteiger partial charge on any atom is 0.186 e. The Labute approximate surface area is 110 Å². The van der Waals surface area contributed by atoms with Gasteiger partial charge in [0.1, 0.15) is 6.26 Å². The Hall–Kier alpha value is -1.44. The molecular weight excluding hydrogens is 224 g/mol. The van der Waals surface area contributed by atoms with E-state index in [0.717, 1.165) is 11.3 Å². The van der Waals surface area contributed by atoms with Crippen LogP contribution in [0.3, 0.4) is 0 Å². The van der Waals surface area contributed by atoms with Crippen LogP contribution >= 0.6 is 0 Å². The maximum atomic E-state index is 5.31. The van der Waals surface area contributed by atoms with Gasteiger partial charge in [0.25, 0.3) is 0 Å². The quantitative estimate of drug-likeness (QED) is 0.624. The standard InChI is InChI=1S/C16H22O2/c1-15(2,3)11-9-13(16(4,5)6)12-7-8-17-18-14(12)10-11/h7-10H,1-6H3. The van der Waals surface area contributed by atoms with Crippen molar-refractivity contribution in [3.8, 4) is 5.75 Å². The Bertz CT molecular complexity index is 485. The topological polar surface area (TPSA) is 18.5 Å². The molecule has 0 radical (unpaired) electrons. The lowest BCUT2D eigenvalue weighted by atomic mass is 9.78. The van der Waals surface area contributed by atoms with Crippen LogP contribution in [0.25, 0.3) is 6.08 Å². The van der Waals surface area contributed by atoms with Crippen LogP contribution in [0.4, 0.5) is 0 Å². The normalized spacial score (nSPS) is 14.8. The van der Waals surface area contributed by atoms with Crippen LogP contribution in [0.5, 0.6) is 5.75 Å². The molecule has 0 aromatic heterocycles. The molecule has 2 nitrogen and oxygen atoms in total. The van der Waals surface area contributed by atoms with E-state index in [0.29, 0.717) is 0 Å². The van der Waals surface area contributed by atoms with Crippen LogP contribution in [0.1, 0.15) is 58.2 Å². The fourth-order valence-electron chi connectivity index (χ4n) is 2.10. The summed E-state index contributed by atoms with van der Waals surface area (Å²) in [5, 5.41) is 0. The predicted molar refractivity (Wildman–Crippen MR) is 74.6 cm³/mol. The molecule has 1 aliphatic heterocycles. The molecular formula is C16H22O2. The monoisotopic (exact) mass is 246 g/mol. The highest BCUT2D eigenvalue weighted by Crippen LogP contribution is 2.39. The van der Waals surface area contributed by atoms with Gasteiger partial charge in [-0.2, -0.15) is 0 Å². The summed E-state index contributed by atoms with van der Waals surface area (Å²) in [6.07, 6.45) is 3.57. The third-order valence-corrected chi connectivity index (χ3v) is 3.24. The van der Waals surface area contributed by atoms with E-state index >= 15 is 0 Å². The average Bonchev–Trinajstić information content (AvgIpc) is 2.25. The molecule has 0 spiro atoms. The zero-order valence-electron chi connectivity index (χ0n) is 12.1. The van der Waals surface area contributed by atoms with E-state index in [1.807, 2.05) is 6.08 Å². The van der Waals surface area contributed by atoms with E-state index in [-0.39, 0.29) is 10.8 Å². The van der Waals surface area contributed by atoms with Crippen LogP contribution < -0.4 is 4.89 Å². The maximum absolute atomic E-state index is 5.31. The van der Waals surface area contributed by atoms with Crippen molar-refractivity contribution in [2.75, 3.05) is 0 Å². The first-order valence-corrected chi connectivity index (χ1v) is 6.38. The molecule has 2 rings (SSSR count). The highest BCUT2D eigenvalue weighted by atomic mass is 17.2. The first-order chi connectivity index (χ1) is 8.19. The third kappa shape index (κ3) is 2.38. The molecule has 0 fully saturated rings. The predicted octanol–water partition coefficient (Wildman–Crippen LogP) is 4.58. The van der Waals surface area contributed by atoms with Gasteiger partial charge in [-0.1, -0.05) is 47.6 Å². The van der Waals surface area contributed by atoms with E-state index < -0.39 is 0 Å². The van der Waals surface area contributed by atoms with Gasteiger partial charge in [-0.3, -0.25) is 9.78 Å². The molecule has 0 amide bonds. The van der Waals surface area contributed by atoms with E-state index in [1.165, 1.54) is 11.1 Å². The van der Waals surface area contributed by atoms with Crippen molar-refractivity contribution in [2.24, 2.45) is 0 Å². The second-order valence-electron chi connectivity index (χ2n) is 6.92. The van der Waals surface area contributed by atoms with Crippen molar-refractivity contribution < 1.29 is 9.78 Å². The van der Waals surface area contributed by atoms with Gasteiger partial charge in [-0.25, -0.2) is 0 Å². The van der Waals surface area contributed by atoms with Gasteiger partial charge in [0, 0.05) is 5.56 Å². The van der Waals surface area contributed by atoms with Crippen molar-refractivity contribution in [2.45, 2.75) is 52.4 Å². The van der Waals surface area contributed by atoms with Gasteiger partial charge in [-0.05, 0) is 34.1 Å². The second kappa shape index (κ2) is 4.04. The summed E-state index contributed by atoms with van der Waals surface area (Å²) in [4.78, 5) is 10.3. The van der Waals surface area contributed by atoms with Gasteiger partial charge in [-0.15, -0.1) is 0 Å². The highest BCUT2D eigenvalue weighted by Gasteiger charge is 2.26. The van der Waals surface area contributed by atoms with Crippen LogP contribution in [0.15, 0.2) is 18.4 Å². The lowest BCUT2D eigenvalue weighted by molar-refractivity contribution is -0.151. The molecule has 0 unspecified atom stereocenters. The van der Waals surface area contributed by atoms with Gasteiger partial charge < -0.3 is 0 Å². The smallest absolute Gasteiger partial charge is 0.186 e. The Morgan fingerprint density at radius 3 is 2.11 bits per heavy atom. The summed E-state index contributed by atoms with van der Waals surface area (Å²) < 4.78 is 0. The fraction of sp³-hybridized carbons (Fsp3) is 0.500. The molecule has 0 N–H and O–H groups in total. The molecule has 1 heterocycles. The van der Waals surface area contributed by atoms with Crippen molar-refractivity contribution in [1.82, 2.24) is 0 Å². The largest absolute Gasteiger partial charge is 0.298 e. The molecule has 0 bridgehead atoms. The number of fused-ring (bicyclic) bond motifs is 1.